The number of carbonyl (C=O) groups excluding carboxylic acids is 2. The van der Waals surface area contributed by atoms with Crippen LogP contribution in [0.4, 0.5) is 0 Å². The standard InChI is InChI=1S/C15H19NO3/c1-11-3-5-12(6-4-11)7-8-14(17)16-9-13(10-16)15(18)19-2/h3-6,13H,7-10H2,1-2H3. The van der Waals surface area contributed by atoms with Gasteiger partial charge in [-0.2, -0.15) is 0 Å². The molecule has 0 radical (unpaired) electrons. The average Bonchev–Trinajstić information content (AvgIpc) is 2.36. The van der Waals surface area contributed by atoms with E-state index in [1.807, 2.05) is 6.92 Å². The van der Waals surface area contributed by atoms with Gasteiger partial charge in [0.15, 0.2) is 0 Å². The number of benzene rings is 1. The lowest BCUT2D eigenvalue weighted by molar-refractivity contribution is -0.155. The first kappa shape index (κ1) is 13.6. The van der Waals surface area contributed by atoms with Crippen LogP contribution in [0.5, 0.6) is 0 Å². The van der Waals surface area contributed by atoms with Gasteiger partial charge in [-0.05, 0) is 18.9 Å². The molecule has 0 spiro atoms. The van der Waals surface area contributed by atoms with Gasteiger partial charge in [0.05, 0.1) is 13.0 Å². The predicted molar refractivity (Wildman–Crippen MR) is 71.6 cm³/mol. The minimum Gasteiger partial charge on any atom is -0.469 e. The first-order valence-electron chi connectivity index (χ1n) is 6.51. The zero-order valence-electron chi connectivity index (χ0n) is 11.4. The normalized spacial score (nSPS) is 14.9. The summed E-state index contributed by atoms with van der Waals surface area (Å²) in [7, 11) is 1.38. The molecule has 1 saturated heterocycles. The number of nitrogens with zero attached hydrogens (tertiary/aromatic N) is 1. The Bertz CT molecular complexity index is 461. The zero-order chi connectivity index (χ0) is 13.8. The fraction of sp³-hybridized carbons (Fsp3) is 0.467. The van der Waals surface area contributed by atoms with Crippen LogP contribution in [-0.2, 0) is 20.7 Å². The Morgan fingerprint density at radius 1 is 1.26 bits per heavy atom. The van der Waals surface area contributed by atoms with Crippen molar-refractivity contribution in [1.82, 2.24) is 4.90 Å². The molecule has 1 heterocycles. The molecule has 1 aromatic carbocycles. The number of ether oxygens (including phenoxy) is 1. The number of carbonyl (C=O) groups is 2. The van der Waals surface area contributed by atoms with Crippen molar-refractivity contribution in [2.75, 3.05) is 20.2 Å². The summed E-state index contributed by atoms with van der Waals surface area (Å²) in [6, 6.07) is 8.21. The van der Waals surface area contributed by atoms with E-state index in [-0.39, 0.29) is 17.8 Å². The molecule has 1 aliphatic rings. The number of esters is 1. The van der Waals surface area contributed by atoms with Crippen molar-refractivity contribution in [2.45, 2.75) is 19.8 Å². The molecule has 4 nitrogen and oxygen atoms in total. The molecule has 0 aromatic heterocycles. The van der Waals surface area contributed by atoms with E-state index in [2.05, 4.69) is 29.0 Å². The van der Waals surface area contributed by atoms with Crippen LogP contribution in [0.1, 0.15) is 17.5 Å². The van der Waals surface area contributed by atoms with Crippen molar-refractivity contribution < 1.29 is 14.3 Å². The Kier molecular flexibility index (Phi) is 4.20. The Labute approximate surface area is 113 Å². The number of likely N-dealkylation sites (tertiary alicyclic amines) is 1. The van der Waals surface area contributed by atoms with Gasteiger partial charge < -0.3 is 9.64 Å². The molecule has 0 aliphatic carbocycles. The smallest absolute Gasteiger partial charge is 0.312 e. The van der Waals surface area contributed by atoms with Gasteiger partial charge >= 0.3 is 5.97 Å². The molecule has 4 heteroatoms. The summed E-state index contributed by atoms with van der Waals surface area (Å²) in [5.41, 5.74) is 2.39. The average molecular weight is 261 g/mol. The van der Waals surface area contributed by atoms with Crippen molar-refractivity contribution in [3.05, 3.63) is 35.4 Å². The zero-order valence-corrected chi connectivity index (χ0v) is 11.4. The van der Waals surface area contributed by atoms with Crippen molar-refractivity contribution in [2.24, 2.45) is 5.92 Å². The molecule has 0 atom stereocenters. The Morgan fingerprint density at radius 2 is 1.89 bits per heavy atom. The van der Waals surface area contributed by atoms with E-state index in [1.54, 1.807) is 4.90 Å². The maximum Gasteiger partial charge on any atom is 0.312 e. The first-order chi connectivity index (χ1) is 9.10. The number of rotatable bonds is 4. The first-order valence-corrected chi connectivity index (χ1v) is 6.51. The van der Waals surface area contributed by atoms with Crippen molar-refractivity contribution >= 4 is 11.9 Å². The van der Waals surface area contributed by atoms with E-state index in [0.717, 1.165) is 6.42 Å². The summed E-state index contributed by atoms with van der Waals surface area (Å²) in [5.74, 6) is -0.239. The quantitative estimate of drug-likeness (QED) is 0.773. The summed E-state index contributed by atoms with van der Waals surface area (Å²) < 4.78 is 4.65. The predicted octanol–water partition coefficient (Wildman–Crippen LogP) is 1.56. The second kappa shape index (κ2) is 5.87. The summed E-state index contributed by atoms with van der Waals surface area (Å²) >= 11 is 0. The van der Waals surface area contributed by atoms with E-state index < -0.39 is 0 Å². The van der Waals surface area contributed by atoms with Gasteiger partial charge in [0.1, 0.15) is 0 Å². The van der Waals surface area contributed by atoms with Crippen LogP contribution < -0.4 is 0 Å². The maximum absolute atomic E-state index is 11.9. The molecule has 0 N–H and O–H groups in total. The van der Waals surface area contributed by atoms with Crippen molar-refractivity contribution in [3.63, 3.8) is 0 Å². The minimum atomic E-state index is -0.220. The molecular weight excluding hydrogens is 242 g/mol. The van der Waals surface area contributed by atoms with Gasteiger partial charge in [0.25, 0.3) is 0 Å². The maximum atomic E-state index is 11.9. The topological polar surface area (TPSA) is 46.6 Å². The van der Waals surface area contributed by atoms with Crippen LogP contribution >= 0.6 is 0 Å². The number of methoxy groups -OCH3 is 1. The van der Waals surface area contributed by atoms with Crippen LogP contribution in [0.3, 0.4) is 0 Å². The third kappa shape index (κ3) is 3.34. The van der Waals surface area contributed by atoms with Crippen molar-refractivity contribution in [3.8, 4) is 0 Å². The van der Waals surface area contributed by atoms with E-state index in [0.29, 0.717) is 19.5 Å². The fourth-order valence-electron chi connectivity index (χ4n) is 2.16. The lowest BCUT2D eigenvalue weighted by atomic mass is 9.99. The monoisotopic (exact) mass is 261 g/mol. The van der Waals surface area contributed by atoms with E-state index in [4.69, 9.17) is 0 Å². The third-order valence-electron chi connectivity index (χ3n) is 3.52. The molecule has 1 aromatic rings. The Morgan fingerprint density at radius 3 is 2.47 bits per heavy atom. The number of hydrogen-bond acceptors (Lipinski definition) is 3. The molecule has 1 aliphatic heterocycles. The highest BCUT2D eigenvalue weighted by Gasteiger charge is 2.35. The number of aryl methyl sites for hydroxylation is 2. The third-order valence-corrected chi connectivity index (χ3v) is 3.52. The second-order valence-corrected chi connectivity index (χ2v) is 5.00. The van der Waals surface area contributed by atoms with Crippen LogP contribution in [0.25, 0.3) is 0 Å². The minimum absolute atomic E-state index is 0.112. The van der Waals surface area contributed by atoms with Gasteiger partial charge in [-0.1, -0.05) is 29.8 Å². The van der Waals surface area contributed by atoms with E-state index in [1.165, 1.54) is 18.2 Å². The number of hydrogen-bond donors (Lipinski definition) is 0. The second-order valence-electron chi connectivity index (χ2n) is 5.00. The number of amides is 1. The highest BCUT2D eigenvalue weighted by molar-refractivity contribution is 5.81. The van der Waals surface area contributed by atoms with Gasteiger partial charge in [0.2, 0.25) is 5.91 Å². The molecule has 19 heavy (non-hydrogen) atoms. The van der Waals surface area contributed by atoms with Gasteiger partial charge in [-0.15, -0.1) is 0 Å². The molecule has 2 rings (SSSR count). The molecule has 0 bridgehead atoms. The van der Waals surface area contributed by atoms with Gasteiger partial charge in [-0.25, -0.2) is 0 Å². The van der Waals surface area contributed by atoms with Crippen LogP contribution in [0.15, 0.2) is 24.3 Å². The summed E-state index contributed by atoms with van der Waals surface area (Å²) in [5, 5.41) is 0. The summed E-state index contributed by atoms with van der Waals surface area (Å²) in [4.78, 5) is 24.8. The van der Waals surface area contributed by atoms with E-state index in [9.17, 15) is 9.59 Å². The van der Waals surface area contributed by atoms with Crippen molar-refractivity contribution in [1.29, 1.82) is 0 Å². The van der Waals surface area contributed by atoms with Gasteiger partial charge in [-0.3, -0.25) is 9.59 Å². The van der Waals surface area contributed by atoms with Crippen LogP contribution in [-0.4, -0.2) is 37.0 Å². The molecule has 102 valence electrons. The van der Waals surface area contributed by atoms with Crippen LogP contribution in [0, 0.1) is 12.8 Å². The molecule has 1 fully saturated rings. The lowest BCUT2D eigenvalue weighted by Gasteiger charge is -2.37. The van der Waals surface area contributed by atoms with E-state index >= 15 is 0 Å². The molecular formula is C15H19NO3. The Hall–Kier alpha value is -1.84. The lowest BCUT2D eigenvalue weighted by Crippen LogP contribution is -2.53. The highest BCUT2D eigenvalue weighted by atomic mass is 16.5. The summed E-state index contributed by atoms with van der Waals surface area (Å²) in [6.07, 6.45) is 1.25. The fourth-order valence-corrected chi connectivity index (χ4v) is 2.16. The largest absolute Gasteiger partial charge is 0.469 e. The highest BCUT2D eigenvalue weighted by Crippen LogP contribution is 2.18. The molecule has 1 amide bonds. The van der Waals surface area contributed by atoms with Crippen LogP contribution in [0.2, 0.25) is 0 Å². The Balaban J connectivity index is 1.74. The SMILES string of the molecule is COC(=O)C1CN(C(=O)CCc2ccc(C)cc2)C1. The van der Waals surface area contributed by atoms with Gasteiger partial charge in [0, 0.05) is 19.5 Å². The molecule has 0 saturated carbocycles. The summed E-state index contributed by atoms with van der Waals surface area (Å²) in [6.45, 7) is 3.04. The molecule has 0 unspecified atom stereocenters.